The first-order valence-corrected chi connectivity index (χ1v) is 7.21. The van der Waals surface area contributed by atoms with Gasteiger partial charge in [-0.25, -0.2) is 9.07 Å². The van der Waals surface area contributed by atoms with Crippen molar-refractivity contribution in [1.82, 2.24) is 15.0 Å². The molecule has 0 spiro atoms. The van der Waals surface area contributed by atoms with Gasteiger partial charge in [-0.15, -0.1) is 5.10 Å². The first-order valence-electron chi connectivity index (χ1n) is 7.21. The first kappa shape index (κ1) is 14.4. The molecule has 1 aromatic heterocycles. The number of nitrogens with two attached hydrogens (primary N) is 1. The maximum Gasteiger partial charge on any atom is 0.125 e. The number of nitrogens with zero attached hydrogens (tertiary/aromatic N) is 3. The summed E-state index contributed by atoms with van der Waals surface area (Å²) in [5.41, 5.74) is 9.32. The summed E-state index contributed by atoms with van der Waals surface area (Å²) < 4.78 is 15.1. The second-order valence-electron chi connectivity index (χ2n) is 5.06. The highest BCUT2D eigenvalue weighted by Gasteiger charge is 2.13. The van der Waals surface area contributed by atoms with Crippen LogP contribution in [-0.2, 0) is 19.4 Å². The zero-order valence-corrected chi connectivity index (χ0v) is 12.1. The topological polar surface area (TPSA) is 56.7 Å². The van der Waals surface area contributed by atoms with Crippen molar-refractivity contribution in [3.63, 3.8) is 0 Å². The van der Waals surface area contributed by atoms with Gasteiger partial charge in [0.1, 0.15) is 5.82 Å². The number of benzene rings is 2. The van der Waals surface area contributed by atoms with Crippen molar-refractivity contribution in [2.75, 3.05) is 0 Å². The lowest BCUT2D eigenvalue weighted by atomic mass is 10.1. The molecule has 0 fully saturated rings. The Morgan fingerprint density at radius 3 is 2.55 bits per heavy atom. The molecule has 0 atom stereocenters. The van der Waals surface area contributed by atoms with Crippen molar-refractivity contribution in [1.29, 1.82) is 0 Å². The number of aromatic nitrogens is 3. The Bertz CT molecular complexity index is 752. The van der Waals surface area contributed by atoms with Crippen molar-refractivity contribution in [3.8, 4) is 5.69 Å². The van der Waals surface area contributed by atoms with E-state index in [9.17, 15) is 4.39 Å². The fourth-order valence-corrected chi connectivity index (χ4v) is 2.46. The zero-order valence-electron chi connectivity index (χ0n) is 12.1. The summed E-state index contributed by atoms with van der Waals surface area (Å²) in [6.07, 6.45) is 1.61. The van der Waals surface area contributed by atoms with Gasteiger partial charge in [0, 0.05) is 6.54 Å². The van der Waals surface area contributed by atoms with Crippen LogP contribution in [0.15, 0.2) is 54.6 Å². The lowest BCUT2D eigenvalue weighted by Gasteiger charge is -2.08. The third kappa shape index (κ3) is 3.04. The molecule has 2 N–H and O–H groups in total. The third-order valence-corrected chi connectivity index (χ3v) is 3.58. The summed E-state index contributed by atoms with van der Waals surface area (Å²) >= 11 is 0. The fraction of sp³-hybridized carbons (Fsp3) is 0.176. The normalized spacial score (nSPS) is 10.8. The predicted octanol–water partition coefficient (Wildman–Crippen LogP) is 2.65. The van der Waals surface area contributed by atoms with Crippen LogP contribution < -0.4 is 5.73 Å². The molecule has 0 saturated heterocycles. The highest BCUT2D eigenvalue weighted by atomic mass is 19.1. The van der Waals surface area contributed by atoms with Crippen molar-refractivity contribution >= 4 is 0 Å². The highest BCUT2D eigenvalue weighted by molar-refractivity contribution is 5.34. The first-order chi connectivity index (χ1) is 10.8. The van der Waals surface area contributed by atoms with E-state index in [4.69, 9.17) is 5.73 Å². The molecule has 2 aromatic carbocycles. The minimum absolute atomic E-state index is 0.295. The third-order valence-electron chi connectivity index (χ3n) is 3.58. The van der Waals surface area contributed by atoms with E-state index < -0.39 is 0 Å². The van der Waals surface area contributed by atoms with Gasteiger partial charge in [-0.05, 0) is 36.6 Å². The van der Waals surface area contributed by atoms with Crippen LogP contribution in [0.1, 0.15) is 17.0 Å². The Labute approximate surface area is 128 Å². The number of aryl methyl sites for hydroxylation is 1. The van der Waals surface area contributed by atoms with E-state index in [1.165, 1.54) is 17.7 Å². The average molecular weight is 296 g/mol. The second-order valence-corrected chi connectivity index (χ2v) is 5.06. The van der Waals surface area contributed by atoms with Gasteiger partial charge >= 0.3 is 0 Å². The van der Waals surface area contributed by atoms with Crippen LogP contribution in [-0.4, -0.2) is 15.0 Å². The molecule has 4 nitrogen and oxygen atoms in total. The Morgan fingerprint density at radius 2 is 1.82 bits per heavy atom. The van der Waals surface area contributed by atoms with Gasteiger partial charge in [0.25, 0.3) is 0 Å². The van der Waals surface area contributed by atoms with Gasteiger partial charge in [-0.1, -0.05) is 41.6 Å². The van der Waals surface area contributed by atoms with E-state index in [0.29, 0.717) is 12.2 Å². The van der Waals surface area contributed by atoms with Crippen LogP contribution in [0.5, 0.6) is 0 Å². The van der Waals surface area contributed by atoms with Gasteiger partial charge in [-0.3, -0.25) is 0 Å². The molecule has 0 saturated carbocycles. The van der Waals surface area contributed by atoms with Crippen molar-refractivity contribution < 1.29 is 4.39 Å². The molecule has 112 valence electrons. The molecule has 5 heteroatoms. The molecular formula is C17H17FN4. The quantitative estimate of drug-likeness (QED) is 0.787. The molecule has 0 unspecified atom stereocenters. The van der Waals surface area contributed by atoms with Crippen LogP contribution in [0.25, 0.3) is 5.69 Å². The molecule has 0 bridgehead atoms. The number of hydrogen-bond acceptors (Lipinski definition) is 3. The van der Waals surface area contributed by atoms with E-state index in [1.807, 2.05) is 24.3 Å². The lowest BCUT2D eigenvalue weighted by Crippen LogP contribution is -2.08. The van der Waals surface area contributed by atoms with E-state index in [2.05, 4.69) is 22.4 Å². The summed E-state index contributed by atoms with van der Waals surface area (Å²) in [7, 11) is 0. The molecular weight excluding hydrogens is 279 g/mol. The Balaban J connectivity index is 1.90. The summed E-state index contributed by atoms with van der Waals surface area (Å²) in [4.78, 5) is 0. The fourth-order valence-electron chi connectivity index (χ4n) is 2.46. The van der Waals surface area contributed by atoms with Gasteiger partial charge in [0.05, 0.1) is 17.1 Å². The predicted molar refractivity (Wildman–Crippen MR) is 83.1 cm³/mol. The Kier molecular flexibility index (Phi) is 4.25. The van der Waals surface area contributed by atoms with Gasteiger partial charge in [0.15, 0.2) is 0 Å². The van der Waals surface area contributed by atoms with E-state index in [-0.39, 0.29) is 5.82 Å². The van der Waals surface area contributed by atoms with Crippen LogP contribution in [0.4, 0.5) is 4.39 Å². The Hall–Kier alpha value is -2.53. The van der Waals surface area contributed by atoms with E-state index in [1.54, 1.807) is 10.7 Å². The molecule has 0 aliphatic rings. The molecule has 3 aromatic rings. The van der Waals surface area contributed by atoms with Crippen molar-refractivity contribution in [3.05, 3.63) is 77.4 Å². The summed E-state index contributed by atoms with van der Waals surface area (Å²) in [6, 6.07) is 16.5. The monoisotopic (exact) mass is 296 g/mol. The van der Waals surface area contributed by atoms with Crippen molar-refractivity contribution in [2.45, 2.75) is 19.4 Å². The van der Waals surface area contributed by atoms with E-state index in [0.717, 1.165) is 24.2 Å². The molecule has 0 aliphatic heterocycles. The maximum atomic E-state index is 13.4. The smallest absolute Gasteiger partial charge is 0.125 e. The van der Waals surface area contributed by atoms with E-state index >= 15 is 0 Å². The minimum atomic E-state index is -0.295. The summed E-state index contributed by atoms with van der Waals surface area (Å²) in [5, 5.41) is 8.25. The number of rotatable bonds is 5. The number of halogens is 1. The summed E-state index contributed by atoms with van der Waals surface area (Å²) in [5.74, 6) is -0.295. The maximum absolute atomic E-state index is 13.4. The minimum Gasteiger partial charge on any atom is -0.325 e. The SMILES string of the molecule is NCc1nnn(-c2cccc(F)c2)c1CCc1ccccc1. The van der Waals surface area contributed by atoms with Crippen LogP contribution in [0.3, 0.4) is 0 Å². The molecule has 0 aliphatic carbocycles. The molecule has 1 heterocycles. The molecule has 22 heavy (non-hydrogen) atoms. The highest BCUT2D eigenvalue weighted by Crippen LogP contribution is 2.16. The number of hydrogen-bond donors (Lipinski definition) is 1. The standard InChI is InChI=1S/C17H17FN4/c18-14-7-4-8-15(11-14)22-17(16(12-19)20-21-22)10-9-13-5-2-1-3-6-13/h1-8,11H,9-10,12,19H2. The Morgan fingerprint density at radius 1 is 1.00 bits per heavy atom. The molecule has 0 radical (unpaired) electrons. The summed E-state index contributed by atoms with van der Waals surface area (Å²) in [6.45, 7) is 0.319. The largest absolute Gasteiger partial charge is 0.325 e. The van der Waals surface area contributed by atoms with Gasteiger partial charge < -0.3 is 5.73 Å². The van der Waals surface area contributed by atoms with Crippen LogP contribution in [0.2, 0.25) is 0 Å². The van der Waals surface area contributed by atoms with Crippen molar-refractivity contribution in [2.24, 2.45) is 5.73 Å². The molecule has 0 amide bonds. The van der Waals surface area contributed by atoms with Gasteiger partial charge in [0.2, 0.25) is 0 Å². The molecule has 3 rings (SSSR count). The van der Waals surface area contributed by atoms with Crippen LogP contribution >= 0.6 is 0 Å². The average Bonchev–Trinajstić information content (AvgIpc) is 2.97. The zero-order chi connectivity index (χ0) is 15.4. The van der Waals surface area contributed by atoms with Crippen LogP contribution in [0, 0.1) is 5.82 Å². The lowest BCUT2D eigenvalue weighted by molar-refractivity contribution is 0.623. The second kappa shape index (κ2) is 6.49. The van der Waals surface area contributed by atoms with Gasteiger partial charge in [-0.2, -0.15) is 0 Å².